The summed E-state index contributed by atoms with van der Waals surface area (Å²) in [5.41, 5.74) is 1.29. The minimum absolute atomic E-state index is 0.277. The molecule has 1 saturated carbocycles. The number of benzene rings is 1. The summed E-state index contributed by atoms with van der Waals surface area (Å²) in [6.07, 6.45) is 4.95. The predicted octanol–water partition coefficient (Wildman–Crippen LogP) is 4.93. The second-order valence-corrected chi connectivity index (χ2v) is 5.92. The molecule has 2 heteroatoms. The molecule has 0 N–H and O–H groups in total. The molecule has 3 atom stereocenters. The molecule has 0 radical (unpaired) electrons. The molecule has 1 aliphatic rings. The van der Waals surface area contributed by atoms with Crippen LogP contribution >= 0.6 is 23.2 Å². The summed E-state index contributed by atoms with van der Waals surface area (Å²) in [6.45, 7) is 2.33. The van der Waals surface area contributed by atoms with E-state index in [0.717, 1.165) is 17.4 Å². The molecule has 2 rings (SSSR count). The minimum atomic E-state index is 0.277. The van der Waals surface area contributed by atoms with E-state index in [9.17, 15) is 0 Å². The van der Waals surface area contributed by atoms with Gasteiger partial charge in [-0.15, -0.1) is 11.6 Å². The van der Waals surface area contributed by atoms with E-state index in [1.807, 2.05) is 12.1 Å². The van der Waals surface area contributed by atoms with Crippen LogP contribution in [0.4, 0.5) is 0 Å². The van der Waals surface area contributed by atoms with E-state index in [4.69, 9.17) is 23.2 Å². The van der Waals surface area contributed by atoms with Gasteiger partial charge in [0.25, 0.3) is 0 Å². The lowest BCUT2D eigenvalue weighted by atomic mass is 9.91. The summed E-state index contributed by atoms with van der Waals surface area (Å²) in [5, 5.41) is 1.07. The topological polar surface area (TPSA) is 0 Å². The van der Waals surface area contributed by atoms with Crippen molar-refractivity contribution in [3.63, 3.8) is 0 Å². The third kappa shape index (κ3) is 2.93. The van der Waals surface area contributed by atoms with Gasteiger partial charge < -0.3 is 0 Å². The molecule has 0 bridgehead atoms. The van der Waals surface area contributed by atoms with Gasteiger partial charge in [0, 0.05) is 10.4 Å². The van der Waals surface area contributed by atoms with E-state index >= 15 is 0 Å². The van der Waals surface area contributed by atoms with Crippen molar-refractivity contribution in [1.82, 2.24) is 0 Å². The lowest BCUT2D eigenvalue weighted by molar-refractivity contribution is 0.398. The van der Waals surface area contributed by atoms with Crippen molar-refractivity contribution < 1.29 is 0 Å². The molecule has 16 heavy (non-hydrogen) atoms. The first-order chi connectivity index (χ1) is 7.66. The van der Waals surface area contributed by atoms with Crippen LogP contribution in [0.1, 0.15) is 31.7 Å². The zero-order valence-corrected chi connectivity index (χ0v) is 11.1. The van der Waals surface area contributed by atoms with Crippen molar-refractivity contribution in [2.24, 2.45) is 11.8 Å². The Morgan fingerprint density at radius 2 is 1.94 bits per heavy atom. The molecule has 0 amide bonds. The van der Waals surface area contributed by atoms with Gasteiger partial charge in [-0.3, -0.25) is 0 Å². The Hall–Kier alpha value is -0.200. The summed E-state index contributed by atoms with van der Waals surface area (Å²) in [7, 11) is 0. The van der Waals surface area contributed by atoms with Crippen LogP contribution in [0.25, 0.3) is 0 Å². The van der Waals surface area contributed by atoms with Crippen LogP contribution in [-0.4, -0.2) is 5.38 Å². The Morgan fingerprint density at radius 1 is 1.25 bits per heavy atom. The second kappa shape index (κ2) is 5.42. The Bertz CT molecular complexity index is 331. The number of rotatable bonds is 3. The Labute approximate surface area is 108 Å². The Balaban J connectivity index is 1.96. The van der Waals surface area contributed by atoms with Crippen LogP contribution in [0, 0.1) is 11.8 Å². The fourth-order valence-corrected chi connectivity index (χ4v) is 3.39. The van der Waals surface area contributed by atoms with E-state index < -0.39 is 0 Å². The van der Waals surface area contributed by atoms with Crippen molar-refractivity contribution in [1.29, 1.82) is 0 Å². The smallest absolute Gasteiger partial charge is 0.0407 e. The number of alkyl halides is 1. The van der Waals surface area contributed by atoms with Gasteiger partial charge in [-0.2, -0.15) is 0 Å². The molecule has 1 aliphatic carbocycles. The number of hydrogen-bond acceptors (Lipinski definition) is 0. The highest BCUT2D eigenvalue weighted by molar-refractivity contribution is 6.30. The summed E-state index contributed by atoms with van der Waals surface area (Å²) in [4.78, 5) is 0. The molecule has 88 valence electrons. The van der Waals surface area contributed by atoms with Gasteiger partial charge in [-0.25, -0.2) is 0 Å². The fourth-order valence-electron chi connectivity index (χ4n) is 2.71. The molecule has 0 heterocycles. The molecule has 0 aliphatic heterocycles. The van der Waals surface area contributed by atoms with Gasteiger partial charge in [-0.05, 0) is 42.4 Å². The first-order valence-corrected chi connectivity index (χ1v) is 6.87. The second-order valence-electron chi connectivity index (χ2n) is 4.92. The van der Waals surface area contributed by atoms with Crippen molar-refractivity contribution in [2.75, 3.05) is 0 Å². The molecule has 0 aromatic heterocycles. The maximum atomic E-state index is 6.52. The number of hydrogen-bond donors (Lipinski definition) is 0. The average molecular weight is 257 g/mol. The van der Waals surface area contributed by atoms with Crippen molar-refractivity contribution in [3.8, 4) is 0 Å². The van der Waals surface area contributed by atoms with Crippen molar-refractivity contribution in [2.45, 2.75) is 38.0 Å². The standard InChI is InChI=1S/C14H18Cl2/c1-10-3-2-4-13(10)14(16)9-11-5-7-12(15)8-6-11/h5-8,10,13-14H,2-4,9H2,1H3. The Morgan fingerprint density at radius 3 is 2.50 bits per heavy atom. The van der Waals surface area contributed by atoms with Gasteiger partial charge >= 0.3 is 0 Å². The van der Waals surface area contributed by atoms with Gasteiger partial charge in [0.1, 0.15) is 0 Å². The van der Waals surface area contributed by atoms with E-state index in [2.05, 4.69) is 19.1 Å². The van der Waals surface area contributed by atoms with Gasteiger partial charge in [0.15, 0.2) is 0 Å². The first-order valence-electron chi connectivity index (χ1n) is 6.05. The third-order valence-electron chi connectivity index (χ3n) is 3.74. The molecule has 1 aromatic rings. The predicted molar refractivity (Wildman–Crippen MR) is 71.3 cm³/mol. The number of halogens is 2. The van der Waals surface area contributed by atoms with Gasteiger partial charge in [-0.1, -0.05) is 43.5 Å². The van der Waals surface area contributed by atoms with E-state index in [-0.39, 0.29) is 5.38 Å². The van der Waals surface area contributed by atoms with Crippen molar-refractivity contribution >= 4 is 23.2 Å². The Kier molecular flexibility index (Phi) is 4.16. The summed E-state index contributed by atoms with van der Waals surface area (Å²) < 4.78 is 0. The maximum absolute atomic E-state index is 6.52. The molecule has 0 spiro atoms. The van der Waals surface area contributed by atoms with Crippen LogP contribution in [-0.2, 0) is 6.42 Å². The summed E-state index contributed by atoms with van der Waals surface area (Å²) in [5.74, 6) is 1.48. The monoisotopic (exact) mass is 256 g/mol. The SMILES string of the molecule is CC1CCCC1C(Cl)Cc1ccc(Cl)cc1. The van der Waals surface area contributed by atoms with E-state index in [1.165, 1.54) is 24.8 Å². The normalized spacial score (nSPS) is 26.9. The quantitative estimate of drug-likeness (QED) is 0.674. The third-order valence-corrected chi connectivity index (χ3v) is 4.47. The largest absolute Gasteiger partial charge is 0.122 e. The molecular weight excluding hydrogens is 239 g/mol. The van der Waals surface area contributed by atoms with Crippen LogP contribution in [0.5, 0.6) is 0 Å². The van der Waals surface area contributed by atoms with Crippen LogP contribution in [0.15, 0.2) is 24.3 Å². The average Bonchev–Trinajstić information content (AvgIpc) is 2.68. The summed E-state index contributed by atoms with van der Waals surface area (Å²) >= 11 is 12.4. The van der Waals surface area contributed by atoms with Crippen LogP contribution in [0.2, 0.25) is 5.02 Å². The van der Waals surface area contributed by atoms with E-state index in [0.29, 0.717) is 5.92 Å². The van der Waals surface area contributed by atoms with Crippen molar-refractivity contribution in [3.05, 3.63) is 34.9 Å². The lowest BCUT2D eigenvalue weighted by Gasteiger charge is -2.21. The first kappa shape index (κ1) is 12.3. The zero-order chi connectivity index (χ0) is 11.5. The van der Waals surface area contributed by atoms with Gasteiger partial charge in [0.2, 0.25) is 0 Å². The highest BCUT2D eigenvalue weighted by Gasteiger charge is 2.29. The zero-order valence-electron chi connectivity index (χ0n) is 9.63. The molecule has 3 unspecified atom stereocenters. The van der Waals surface area contributed by atoms with Crippen LogP contribution in [0.3, 0.4) is 0 Å². The van der Waals surface area contributed by atoms with E-state index in [1.54, 1.807) is 0 Å². The molecule has 0 nitrogen and oxygen atoms in total. The molecular formula is C14H18Cl2. The highest BCUT2D eigenvalue weighted by atomic mass is 35.5. The maximum Gasteiger partial charge on any atom is 0.0407 e. The van der Waals surface area contributed by atoms with Gasteiger partial charge in [0.05, 0.1) is 0 Å². The minimum Gasteiger partial charge on any atom is -0.122 e. The summed E-state index contributed by atoms with van der Waals surface area (Å²) in [6, 6.07) is 8.05. The highest BCUT2D eigenvalue weighted by Crippen LogP contribution is 2.37. The molecule has 0 saturated heterocycles. The lowest BCUT2D eigenvalue weighted by Crippen LogP contribution is -2.19. The molecule has 1 fully saturated rings. The fraction of sp³-hybridized carbons (Fsp3) is 0.571. The molecule has 1 aromatic carbocycles. The van der Waals surface area contributed by atoms with Crippen LogP contribution < -0.4 is 0 Å².